The summed E-state index contributed by atoms with van der Waals surface area (Å²) in [6, 6.07) is 5.68. The Morgan fingerprint density at radius 2 is 2.05 bits per heavy atom. The van der Waals surface area contributed by atoms with Gasteiger partial charge in [0.2, 0.25) is 0 Å². The van der Waals surface area contributed by atoms with Crippen molar-refractivity contribution in [3.05, 3.63) is 29.3 Å². The molecule has 1 aromatic carbocycles. The van der Waals surface area contributed by atoms with Crippen LogP contribution in [0.1, 0.15) is 49.0 Å². The Bertz CT molecular complexity index is 478. The molecule has 0 spiro atoms. The summed E-state index contributed by atoms with van der Waals surface area (Å²) < 4.78 is 0. The number of rotatable bonds is 3. The molecule has 3 heteroatoms. The summed E-state index contributed by atoms with van der Waals surface area (Å²) in [5, 5.41) is 0. The van der Waals surface area contributed by atoms with Crippen molar-refractivity contribution < 1.29 is 4.79 Å². The maximum absolute atomic E-state index is 12.6. The number of benzene rings is 1. The first-order valence-corrected chi connectivity index (χ1v) is 7.17. The van der Waals surface area contributed by atoms with Crippen LogP contribution in [0.4, 0.5) is 5.69 Å². The molecule has 1 saturated heterocycles. The molecule has 0 aliphatic carbocycles. The van der Waals surface area contributed by atoms with E-state index in [4.69, 9.17) is 5.73 Å². The van der Waals surface area contributed by atoms with Gasteiger partial charge in [0, 0.05) is 18.8 Å². The van der Waals surface area contributed by atoms with Gasteiger partial charge in [-0.05, 0) is 43.2 Å². The van der Waals surface area contributed by atoms with Gasteiger partial charge < -0.3 is 10.6 Å². The van der Waals surface area contributed by atoms with Crippen molar-refractivity contribution in [3.63, 3.8) is 0 Å². The van der Waals surface area contributed by atoms with Gasteiger partial charge in [0.05, 0.1) is 5.56 Å². The largest absolute Gasteiger partial charge is 0.398 e. The predicted octanol–water partition coefficient (Wildman–Crippen LogP) is 3.23. The van der Waals surface area contributed by atoms with Crippen LogP contribution in [0.5, 0.6) is 0 Å². The van der Waals surface area contributed by atoms with Crippen molar-refractivity contribution in [2.75, 3.05) is 18.8 Å². The molecule has 0 unspecified atom stereocenters. The zero-order valence-electron chi connectivity index (χ0n) is 12.2. The van der Waals surface area contributed by atoms with Crippen molar-refractivity contribution in [2.24, 2.45) is 5.41 Å². The lowest BCUT2D eigenvalue weighted by Crippen LogP contribution is -2.32. The van der Waals surface area contributed by atoms with Gasteiger partial charge in [-0.2, -0.15) is 0 Å². The normalized spacial score (nSPS) is 17.7. The SMILES string of the molecule is CCC1(CC)CCN(C(=O)c2cccc(C)c2N)C1. The summed E-state index contributed by atoms with van der Waals surface area (Å²) in [6.45, 7) is 8.11. The number of hydrogen-bond acceptors (Lipinski definition) is 2. The maximum Gasteiger partial charge on any atom is 0.255 e. The molecule has 0 aromatic heterocycles. The standard InChI is InChI=1S/C16H24N2O/c1-4-16(5-2)9-10-18(11-16)15(19)13-8-6-7-12(3)14(13)17/h6-8H,4-5,9-11,17H2,1-3H3. The summed E-state index contributed by atoms with van der Waals surface area (Å²) >= 11 is 0. The summed E-state index contributed by atoms with van der Waals surface area (Å²) in [5.74, 6) is 0.0879. The molecule has 2 rings (SSSR count). The average molecular weight is 260 g/mol. The fourth-order valence-corrected chi connectivity index (χ4v) is 2.97. The molecule has 1 aliphatic heterocycles. The van der Waals surface area contributed by atoms with Gasteiger partial charge in [-0.25, -0.2) is 0 Å². The Labute approximate surface area is 115 Å². The molecule has 1 fully saturated rings. The fourth-order valence-electron chi connectivity index (χ4n) is 2.97. The molecule has 1 amide bonds. The second-order valence-electron chi connectivity index (χ2n) is 5.72. The Morgan fingerprint density at radius 1 is 1.37 bits per heavy atom. The summed E-state index contributed by atoms with van der Waals surface area (Å²) in [4.78, 5) is 14.6. The minimum atomic E-state index is 0.0879. The van der Waals surface area contributed by atoms with Crippen LogP contribution in [0.25, 0.3) is 0 Å². The number of anilines is 1. The second kappa shape index (κ2) is 5.24. The molecule has 0 radical (unpaired) electrons. The van der Waals surface area contributed by atoms with E-state index in [0.717, 1.165) is 37.9 Å². The number of likely N-dealkylation sites (tertiary alicyclic amines) is 1. The Morgan fingerprint density at radius 3 is 2.63 bits per heavy atom. The number of hydrogen-bond donors (Lipinski definition) is 1. The highest BCUT2D eigenvalue weighted by Crippen LogP contribution is 2.37. The zero-order chi connectivity index (χ0) is 14.0. The molecular formula is C16H24N2O. The first-order valence-electron chi connectivity index (χ1n) is 7.17. The van der Waals surface area contributed by atoms with Crippen LogP contribution in [0, 0.1) is 12.3 Å². The van der Waals surface area contributed by atoms with Gasteiger partial charge in [0.25, 0.3) is 5.91 Å². The zero-order valence-corrected chi connectivity index (χ0v) is 12.2. The lowest BCUT2D eigenvalue weighted by atomic mass is 9.82. The number of para-hydroxylation sites is 1. The maximum atomic E-state index is 12.6. The van der Waals surface area contributed by atoms with E-state index in [1.165, 1.54) is 0 Å². The van der Waals surface area contributed by atoms with E-state index in [2.05, 4.69) is 13.8 Å². The number of nitrogen functional groups attached to an aromatic ring is 1. The van der Waals surface area contributed by atoms with E-state index >= 15 is 0 Å². The first kappa shape index (κ1) is 13.9. The fraction of sp³-hybridized carbons (Fsp3) is 0.562. The number of aryl methyl sites for hydroxylation is 1. The average Bonchev–Trinajstić information content (AvgIpc) is 2.86. The van der Waals surface area contributed by atoms with Gasteiger partial charge in [-0.15, -0.1) is 0 Å². The lowest BCUT2D eigenvalue weighted by molar-refractivity contribution is 0.0771. The number of nitrogens with two attached hydrogens (primary N) is 1. The van der Waals surface area contributed by atoms with Crippen molar-refractivity contribution >= 4 is 11.6 Å². The lowest BCUT2D eigenvalue weighted by Gasteiger charge is -2.26. The minimum Gasteiger partial charge on any atom is -0.398 e. The Hall–Kier alpha value is -1.51. The Kier molecular flexibility index (Phi) is 3.83. The molecule has 0 saturated carbocycles. The topological polar surface area (TPSA) is 46.3 Å². The number of carbonyl (C=O) groups excluding carboxylic acids is 1. The monoisotopic (exact) mass is 260 g/mol. The summed E-state index contributed by atoms with van der Waals surface area (Å²) in [6.07, 6.45) is 3.38. The molecule has 0 bridgehead atoms. The van der Waals surface area contributed by atoms with Crippen LogP contribution < -0.4 is 5.73 Å². The number of nitrogens with zero attached hydrogens (tertiary/aromatic N) is 1. The van der Waals surface area contributed by atoms with Crippen LogP contribution in [-0.4, -0.2) is 23.9 Å². The molecule has 3 nitrogen and oxygen atoms in total. The van der Waals surface area contributed by atoms with Crippen molar-refractivity contribution in [2.45, 2.75) is 40.0 Å². The number of carbonyl (C=O) groups is 1. The van der Waals surface area contributed by atoms with E-state index in [1.54, 1.807) is 0 Å². The van der Waals surface area contributed by atoms with Gasteiger partial charge in [-0.1, -0.05) is 26.0 Å². The van der Waals surface area contributed by atoms with Gasteiger partial charge >= 0.3 is 0 Å². The molecule has 1 heterocycles. The predicted molar refractivity (Wildman–Crippen MR) is 79.1 cm³/mol. The van der Waals surface area contributed by atoms with Gasteiger partial charge in [0.1, 0.15) is 0 Å². The highest BCUT2D eigenvalue weighted by atomic mass is 16.2. The van der Waals surface area contributed by atoms with Crippen LogP contribution in [0.3, 0.4) is 0 Å². The van der Waals surface area contributed by atoms with Crippen molar-refractivity contribution in [3.8, 4) is 0 Å². The molecule has 1 aromatic rings. The molecule has 1 aliphatic rings. The first-order chi connectivity index (χ1) is 9.03. The summed E-state index contributed by atoms with van der Waals surface area (Å²) in [5.41, 5.74) is 8.60. The molecule has 104 valence electrons. The third kappa shape index (κ3) is 2.46. The van der Waals surface area contributed by atoms with E-state index in [9.17, 15) is 4.79 Å². The molecular weight excluding hydrogens is 236 g/mol. The van der Waals surface area contributed by atoms with E-state index in [-0.39, 0.29) is 5.91 Å². The minimum absolute atomic E-state index is 0.0879. The Balaban J connectivity index is 2.20. The van der Waals surface area contributed by atoms with E-state index < -0.39 is 0 Å². The van der Waals surface area contributed by atoms with Crippen LogP contribution >= 0.6 is 0 Å². The van der Waals surface area contributed by atoms with E-state index in [0.29, 0.717) is 16.7 Å². The summed E-state index contributed by atoms with van der Waals surface area (Å²) in [7, 11) is 0. The second-order valence-corrected chi connectivity index (χ2v) is 5.72. The van der Waals surface area contributed by atoms with Crippen LogP contribution in [0.15, 0.2) is 18.2 Å². The third-order valence-electron chi connectivity index (χ3n) is 4.78. The highest BCUT2D eigenvalue weighted by Gasteiger charge is 2.37. The van der Waals surface area contributed by atoms with Crippen LogP contribution in [0.2, 0.25) is 0 Å². The third-order valence-corrected chi connectivity index (χ3v) is 4.78. The van der Waals surface area contributed by atoms with Crippen LogP contribution in [-0.2, 0) is 0 Å². The van der Waals surface area contributed by atoms with Gasteiger partial charge in [0.15, 0.2) is 0 Å². The number of amides is 1. The smallest absolute Gasteiger partial charge is 0.255 e. The molecule has 19 heavy (non-hydrogen) atoms. The van der Waals surface area contributed by atoms with Crippen molar-refractivity contribution in [1.29, 1.82) is 0 Å². The quantitative estimate of drug-likeness (QED) is 0.848. The molecule has 2 N–H and O–H groups in total. The van der Waals surface area contributed by atoms with E-state index in [1.807, 2.05) is 30.0 Å². The van der Waals surface area contributed by atoms with Gasteiger partial charge in [-0.3, -0.25) is 4.79 Å². The highest BCUT2D eigenvalue weighted by molar-refractivity contribution is 5.99. The van der Waals surface area contributed by atoms with Crippen molar-refractivity contribution in [1.82, 2.24) is 4.90 Å². The molecule has 0 atom stereocenters.